The monoisotopic (exact) mass is 270 g/mol. The van der Waals surface area contributed by atoms with Crippen molar-refractivity contribution in [1.29, 1.82) is 0 Å². The Balaban J connectivity index is 1.90. The second-order valence-electron chi connectivity index (χ2n) is 4.66. The van der Waals surface area contributed by atoms with Crippen molar-refractivity contribution in [3.63, 3.8) is 0 Å². The maximum atomic E-state index is 5.22. The fourth-order valence-electron chi connectivity index (χ4n) is 1.82. The number of thiazole rings is 1. The molecule has 4 nitrogen and oxygen atoms in total. The normalized spacial score (nSPS) is 15.2. The van der Waals surface area contributed by atoms with Crippen LogP contribution in [0.1, 0.15) is 34.8 Å². The Kier molecular flexibility index (Phi) is 5.56. The van der Waals surface area contributed by atoms with Gasteiger partial charge in [-0.15, -0.1) is 11.3 Å². The first kappa shape index (κ1) is 13.9. The van der Waals surface area contributed by atoms with Crippen molar-refractivity contribution < 1.29 is 9.47 Å². The smallest absolute Gasteiger partial charge is 0.0933 e. The highest BCUT2D eigenvalue weighted by molar-refractivity contribution is 7.11. The molecule has 1 N–H and O–H groups in total. The molecule has 0 spiro atoms. The van der Waals surface area contributed by atoms with E-state index in [9.17, 15) is 0 Å². The van der Waals surface area contributed by atoms with E-state index in [-0.39, 0.29) is 0 Å². The molecule has 102 valence electrons. The summed E-state index contributed by atoms with van der Waals surface area (Å²) in [4.78, 5) is 6.00. The Hall–Kier alpha value is -0.490. The molecule has 0 aromatic carbocycles. The standard InChI is InChI=1S/C13H22N2O2S/c1-16-7-3-4-13-15-11(9-17-2)12(18-13)8-14-10-5-6-10/h10,14H,3-9H2,1-2H3. The minimum atomic E-state index is 0.614. The first-order valence-electron chi connectivity index (χ1n) is 6.52. The zero-order chi connectivity index (χ0) is 12.8. The van der Waals surface area contributed by atoms with Crippen molar-refractivity contribution in [2.45, 2.75) is 44.9 Å². The fraction of sp³-hybridized carbons (Fsp3) is 0.769. The number of aromatic nitrogens is 1. The van der Waals surface area contributed by atoms with E-state index < -0.39 is 0 Å². The van der Waals surface area contributed by atoms with Gasteiger partial charge in [0.1, 0.15) is 0 Å². The van der Waals surface area contributed by atoms with E-state index in [4.69, 9.17) is 9.47 Å². The molecule has 1 heterocycles. The van der Waals surface area contributed by atoms with Gasteiger partial charge in [-0.05, 0) is 19.3 Å². The van der Waals surface area contributed by atoms with E-state index in [1.165, 1.54) is 22.7 Å². The Morgan fingerprint density at radius 2 is 2.17 bits per heavy atom. The van der Waals surface area contributed by atoms with Gasteiger partial charge in [0.15, 0.2) is 0 Å². The van der Waals surface area contributed by atoms with Crippen LogP contribution < -0.4 is 5.32 Å². The van der Waals surface area contributed by atoms with Crippen molar-refractivity contribution in [1.82, 2.24) is 10.3 Å². The number of aryl methyl sites for hydroxylation is 1. The summed E-state index contributed by atoms with van der Waals surface area (Å²) in [5, 5.41) is 4.74. The number of ether oxygens (including phenoxy) is 2. The number of hydrogen-bond donors (Lipinski definition) is 1. The molecule has 0 aliphatic heterocycles. The molecule has 1 aliphatic rings. The molecule has 0 radical (unpaired) electrons. The zero-order valence-electron chi connectivity index (χ0n) is 11.2. The third kappa shape index (κ3) is 4.31. The predicted molar refractivity (Wildman–Crippen MR) is 72.9 cm³/mol. The van der Waals surface area contributed by atoms with Gasteiger partial charge in [-0.1, -0.05) is 0 Å². The van der Waals surface area contributed by atoms with Crippen molar-refractivity contribution in [3.05, 3.63) is 15.6 Å². The minimum Gasteiger partial charge on any atom is -0.385 e. The summed E-state index contributed by atoms with van der Waals surface area (Å²) >= 11 is 1.81. The van der Waals surface area contributed by atoms with Gasteiger partial charge in [-0.3, -0.25) is 0 Å². The Bertz CT molecular complexity index is 364. The van der Waals surface area contributed by atoms with Crippen LogP contribution in [0.15, 0.2) is 0 Å². The molecule has 18 heavy (non-hydrogen) atoms. The largest absolute Gasteiger partial charge is 0.385 e. The first-order chi connectivity index (χ1) is 8.83. The number of nitrogens with zero attached hydrogens (tertiary/aromatic N) is 1. The molecule has 0 saturated heterocycles. The maximum absolute atomic E-state index is 5.22. The number of rotatable bonds is 9. The molecule has 1 fully saturated rings. The average Bonchev–Trinajstić information content (AvgIpc) is 3.11. The zero-order valence-corrected chi connectivity index (χ0v) is 12.0. The molecule has 1 saturated carbocycles. The summed E-state index contributed by atoms with van der Waals surface area (Å²) in [5.74, 6) is 0. The van der Waals surface area contributed by atoms with Gasteiger partial charge in [0, 0.05) is 44.7 Å². The van der Waals surface area contributed by atoms with Gasteiger partial charge in [-0.25, -0.2) is 4.98 Å². The SMILES string of the molecule is COCCCc1nc(COC)c(CNC2CC2)s1. The lowest BCUT2D eigenvalue weighted by molar-refractivity contribution is 0.181. The van der Waals surface area contributed by atoms with Gasteiger partial charge in [-0.2, -0.15) is 0 Å². The van der Waals surface area contributed by atoms with Crippen LogP contribution in [0.5, 0.6) is 0 Å². The molecule has 0 atom stereocenters. The van der Waals surface area contributed by atoms with Crippen LogP contribution >= 0.6 is 11.3 Å². The molecule has 1 aromatic heterocycles. The van der Waals surface area contributed by atoms with Crippen LogP contribution in [-0.2, 0) is 29.0 Å². The van der Waals surface area contributed by atoms with Crippen LogP contribution in [0, 0.1) is 0 Å². The van der Waals surface area contributed by atoms with Gasteiger partial charge < -0.3 is 14.8 Å². The van der Waals surface area contributed by atoms with E-state index in [1.54, 1.807) is 14.2 Å². The highest BCUT2D eigenvalue weighted by Crippen LogP contribution is 2.24. The van der Waals surface area contributed by atoms with Crippen LogP contribution in [0.2, 0.25) is 0 Å². The topological polar surface area (TPSA) is 43.4 Å². The van der Waals surface area contributed by atoms with Crippen molar-refractivity contribution in [3.8, 4) is 0 Å². The number of hydrogen-bond acceptors (Lipinski definition) is 5. The lowest BCUT2D eigenvalue weighted by Gasteiger charge is -2.02. The van der Waals surface area contributed by atoms with Crippen molar-refractivity contribution in [2.75, 3.05) is 20.8 Å². The number of methoxy groups -OCH3 is 2. The van der Waals surface area contributed by atoms with E-state index in [0.29, 0.717) is 6.61 Å². The summed E-state index contributed by atoms with van der Waals surface area (Å²) in [7, 11) is 3.46. The lowest BCUT2D eigenvalue weighted by Crippen LogP contribution is -2.15. The lowest BCUT2D eigenvalue weighted by atomic mass is 10.3. The summed E-state index contributed by atoms with van der Waals surface area (Å²) in [6.45, 7) is 2.35. The van der Waals surface area contributed by atoms with Crippen LogP contribution in [0.25, 0.3) is 0 Å². The average molecular weight is 270 g/mol. The van der Waals surface area contributed by atoms with E-state index in [0.717, 1.165) is 37.7 Å². The second kappa shape index (κ2) is 7.19. The molecule has 1 aromatic rings. The first-order valence-corrected chi connectivity index (χ1v) is 7.34. The summed E-state index contributed by atoms with van der Waals surface area (Å²) in [6.07, 6.45) is 4.67. The molecule has 0 amide bonds. The van der Waals surface area contributed by atoms with Crippen molar-refractivity contribution in [2.24, 2.45) is 0 Å². The summed E-state index contributed by atoms with van der Waals surface area (Å²) in [6, 6.07) is 0.736. The molecular weight excluding hydrogens is 248 g/mol. The fourth-order valence-corrected chi connectivity index (χ4v) is 2.89. The molecule has 0 unspecified atom stereocenters. The highest BCUT2D eigenvalue weighted by atomic mass is 32.1. The molecule has 0 bridgehead atoms. The van der Waals surface area contributed by atoms with E-state index in [1.807, 2.05) is 11.3 Å². The Morgan fingerprint density at radius 1 is 1.33 bits per heavy atom. The van der Waals surface area contributed by atoms with Gasteiger partial charge >= 0.3 is 0 Å². The van der Waals surface area contributed by atoms with E-state index >= 15 is 0 Å². The minimum absolute atomic E-state index is 0.614. The predicted octanol–water partition coefficient (Wildman–Crippen LogP) is 2.12. The molecule has 2 rings (SSSR count). The maximum Gasteiger partial charge on any atom is 0.0933 e. The summed E-state index contributed by atoms with van der Waals surface area (Å²) < 4.78 is 10.3. The highest BCUT2D eigenvalue weighted by Gasteiger charge is 2.21. The molecular formula is C13H22N2O2S. The van der Waals surface area contributed by atoms with E-state index in [2.05, 4.69) is 10.3 Å². The Labute approximate surface area is 113 Å². The van der Waals surface area contributed by atoms with Crippen LogP contribution in [0.4, 0.5) is 0 Å². The quantitative estimate of drug-likeness (QED) is 0.698. The third-order valence-corrected chi connectivity index (χ3v) is 4.13. The number of nitrogens with one attached hydrogen (secondary N) is 1. The second-order valence-corrected chi connectivity index (χ2v) is 5.83. The van der Waals surface area contributed by atoms with Gasteiger partial charge in [0.25, 0.3) is 0 Å². The molecule has 5 heteroatoms. The Morgan fingerprint density at radius 3 is 2.83 bits per heavy atom. The van der Waals surface area contributed by atoms with Gasteiger partial charge in [0.2, 0.25) is 0 Å². The van der Waals surface area contributed by atoms with Crippen LogP contribution in [-0.4, -0.2) is 31.9 Å². The third-order valence-electron chi connectivity index (χ3n) is 2.97. The van der Waals surface area contributed by atoms with Crippen LogP contribution in [0.3, 0.4) is 0 Å². The van der Waals surface area contributed by atoms with Gasteiger partial charge in [0.05, 0.1) is 17.3 Å². The summed E-state index contributed by atoms with van der Waals surface area (Å²) in [5.41, 5.74) is 1.10. The molecule has 1 aliphatic carbocycles. The van der Waals surface area contributed by atoms with Crippen molar-refractivity contribution >= 4 is 11.3 Å².